The van der Waals surface area contributed by atoms with Crippen molar-refractivity contribution in [3.8, 4) is 0 Å². The molecule has 0 bridgehead atoms. The number of piperidine rings is 1. The quantitative estimate of drug-likeness (QED) is 0.571. The van der Waals surface area contributed by atoms with E-state index in [0.29, 0.717) is 6.54 Å². The zero-order valence-electron chi connectivity index (χ0n) is 20.2. The van der Waals surface area contributed by atoms with Crippen LogP contribution < -0.4 is 5.32 Å². The van der Waals surface area contributed by atoms with Crippen molar-refractivity contribution in [2.24, 2.45) is 5.92 Å². The molecule has 1 N–H and O–H groups in total. The molecule has 2 amide bonds. The predicted molar refractivity (Wildman–Crippen MR) is 137 cm³/mol. The fraction of sp³-hybridized carbons (Fsp3) is 0.500. The van der Waals surface area contributed by atoms with Crippen LogP contribution in [0.1, 0.15) is 49.7 Å². The molecule has 0 radical (unpaired) electrons. The van der Waals surface area contributed by atoms with E-state index in [4.69, 9.17) is 0 Å². The largest absolute Gasteiger partial charge is 0.334 e. The summed E-state index contributed by atoms with van der Waals surface area (Å²) < 4.78 is 2.17. The van der Waals surface area contributed by atoms with Crippen LogP contribution in [0.4, 0.5) is 4.79 Å². The molecule has 0 saturated carbocycles. The van der Waals surface area contributed by atoms with E-state index in [2.05, 4.69) is 50.1 Å². The fourth-order valence-electron chi connectivity index (χ4n) is 5.39. The Bertz CT molecular complexity index is 1060. The number of fused-ring (bicyclic) bond motifs is 1. The molecule has 2 saturated heterocycles. The van der Waals surface area contributed by atoms with E-state index in [1.54, 1.807) is 0 Å². The Morgan fingerprint density at radius 1 is 0.882 bits per heavy atom. The maximum Gasteiger partial charge on any atom is 0.317 e. The summed E-state index contributed by atoms with van der Waals surface area (Å²) in [6.07, 6.45) is 9.63. The number of aromatic nitrogens is 2. The number of amides is 2. The monoisotopic (exact) mass is 459 g/mol. The van der Waals surface area contributed by atoms with Crippen molar-refractivity contribution >= 4 is 17.1 Å². The molecule has 2 aromatic carbocycles. The Kier molecular flexibility index (Phi) is 7.44. The molecule has 2 aliphatic heterocycles. The van der Waals surface area contributed by atoms with Crippen molar-refractivity contribution in [1.82, 2.24) is 24.7 Å². The van der Waals surface area contributed by atoms with Crippen LogP contribution in [-0.2, 0) is 13.1 Å². The van der Waals surface area contributed by atoms with Crippen LogP contribution in [-0.4, -0.2) is 58.1 Å². The summed E-state index contributed by atoms with van der Waals surface area (Å²) >= 11 is 0. The highest BCUT2D eigenvalue weighted by atomic mass is 16.2. The van der Waals surface area contributed by atoms with Crippen LogP contribution in [0, 0.1) is 5.92 Å². The minimum absolute atomic E-state index is 0.0715. The molecule has 6 nitrogen and oxygen atoms in total. The highest BCUT2D eigenvalue weighted by Gasteiger charge is 2.24. The summed E-state index contributed by atoms with van der Waals surface area (Å²) in [7, 11) is 0. The van der Waals surface area contributed by atoms with E-state index >= 15 is 0 Å². The summed E-state index contributed by atoms with van der Waals surface area (Å²) in [6.45, 7) is 6.86. The highest BCUT2D eigenvalue weighted by molar-refractivity contribution is 5.75. The molecule has 3 aromatic rings. The van der Waals surface area contributed by atoms with Gasteiger partial charge in [0.15, 0.2) is 0 Å². The van der Waals surface area contributed by atoms with Crippen molar-refractivity contribution in [3.05, 3.63) is 66.0 Å². The Hall–Kier alpha value is -2.86. The van der Waals surface area contributed by atoms with Crippen molar-refractivity contribution in [2.75, 3.05) is 32.7 Å². The van der Waals surface area contributed by atoms with Crippen LogP contribution in [0.25, 0.3) is 11.0 Å². The lowest BCUT2D eigenvalue weighted by atomic mass is 9.96. The van der Waals surface area contributed by atoms with Gasteiger partial charge in [-0.05, 0) is 68.0 Å². The van der Waals surface area contributed by atoms with Gasteiger partial charge in [0.05, 0.1) is 17.4 Å². The number of benzene rings is 2. The molecule has 5 rings (SSSR count). The van der Waals surface area contributed by atoms with Gasteiger partial charge in [0.1, 0.15) is 0 Å². The number of hydrogen-bond donors (Lipinski definition) is 1. The van der Waals surface area contributed by atoms with Gasteiger partial charge in [-0.2, -0.15) is 0 Å². The van der Waals surface area contributed by atoms with Gasteiger partial charge in [0.2, 0.25) is 0 Å². The van der Waals surface area contributed by atoms with Crippen LogP contribution in [0.2, 0.25) is 0 Å². The summed E-state index contributed by atoms with van der Waals surface area (Å²) in [5, 5.41) is 3.12. The maximum atomic E-state index is 12.7. The van der Waals surface area contributed by atoms with Crippen LogP contribution >= 0.6 is 0 Å². The summed E-state index contributed by atoms with van der Waals surface area (Å²) in [6, 6.07) is 16.8. The zero-order chi connectivity index (χ0) is 23.2. The number of likely N-dealkylation sites (tertiary alicyclic amines) is 2. The number of para-hydroxylation sites is 2. The fourth-order valence-corrected chi connectivity index (χ4v) is 5.39. The van der Waals surface area contributed by atoms with Crippen molar-refractivity contribution in [1.29, 1.82) is 0 Å². The number of hydrogen-bond acceptors (Lipinski definition) is 3. The summed E-state index contributed by atoms with van der Waals surface area (Å²) in [4.78, 5) is 21.8. The number of nitrogens with zero attached hydrogens (tertiary/aromatic N) is 4. The first kappa shape index (κ1) is 22.9. The van der Waals surface area contributed by atoms with Crippen molar-refractivity contribution < 1.29 is 4.79 Å². The topological polar surface area (TPSA) is 53.4 Å². The number of imidazole rings is 1. The van der Waals surface area contributed by atoms with Gasteiger partial charge in [-0.25, -0.2) is 9.78 Å². The number of nitrogens with one attached hydrogen (secondary N) is 1. The summed E-state index contributed by atoms with van der Waals surface area (Å²) in [5.41, 5.74) is 4.52. The van der Waals surface area contributed by atoms with E-state index in [1.807, 2.05) is 29.4 Å². The van der Waals surface area contributed by atoms with E-state index in [9.17, 15) is 4.79 Å². The second kappa shape index (κ2) is 11.0. The van der Waals surface area contributed by atoms with Gasteiger partial charge in [-0.15, -0.1) is 0 Å². The number of rotatable bonds is 6. The second-order valence-electron chi connectivity index (χ2n) is 9.98. The Balaban J connectivity index is 1.06. The van der Waals surface area contributed by atoms with Gasteiger partial charge < -0.3 is 19.7 Å². The standard InChI is InChI=1S/C28H37N5O/c34-28(32-17-13-25(14-18-32)20-31-15-5-1-2-6-16-31)29-19-23-9-11-24(12-10-23)21-33-22-30-26-7-3-4-8-27(26)33/h3-4,7-12,22,25H,1-2,5-6,13-21H2,(H,29,34). The van der Waals surface area contributed by atoms with E-state index < -0.39 is 0 Å². The number of carbonyl (C=O) groups is 1. The zero-order valence-corrected chi connectivity index (χ0v) is 20.2. The molecule has 0 aliphatic carbocycles. The van der Waals surface area contributed by atoms with Gasteiger partial charge in [0, 0.05) is 32.7 Å². The molecule has 1 aromatic heterocycles. The molecule has 2 aliphatic rings. The molecule has 6 heteroatoms. The lowest BCUT2D eigenvalue weighted by molar-refractivity contribution is 0.147. The molecular weight excluding hydrogens is 422 g/mol. The molecule has 0 atom stereocenters. The maximum absolute atomic E-state index is 12.7. The van der Waals surface area contributed by atoms with Crippen LogP contribution in [0.5, 0.6) is 0 Å². The molecule has 0 spiro atoms. The van der Waals surface area contributed by atoms with E-state index in [-0.39, 0.29) is 6.03 Å². The third-order valence-corrected chi connectivity index (χ3v) is 7.46. The first-order chi connectivity index (χ1) is 16.7. The third-order valence-electron chi connectivity index (χ3n) is 7.46. The first-order valence-electron chi connectivity index (χ1n) is 13.0. The second-order valence-corrected chi connectivity index (χ2v) is 9.98. The Morgan fingerprint density at radius 2 is 1.59 bits per heavy atom. The average molecular weight is 460 g/mol. The van der Waals surface area contributed by atoms with Crippen molar-refractivity contribution in [3.63, 3.8) is 0 Å². The third kappa shape index (κ3) is 5.79. The number of urea groups is 1. The number of carbonyl (C=O) groups excluding carboxylic acids is 1. The first-order valence-corrected chi connectivity index (χ1v) is 13.0. The average Bonchev–Trinajstić information content (AvgIpc) is 3.10. The minimum Gasteiger partial charge on any atom is -0.334 e. The molecule has 2 fully saturated rings. The Labute approximate surface area is 203 Å². The van der Waals surface area contributed by atoms with Gasteiger partial charge in [0.25, 0.3) is 0 Å². The molecule has 0 unspecified atom stereocenters. The highest BCUT2D eigenvalue weighted by Crippen LogP contribution is 2.21. The van der Waals surface area contributed by atoms with Gasteiger partial charge in [-0.1, -0.05) is 49.2 Å². The normalized spacial score (nSPS) is 18.2. The molecule has 3 heterocycles. The smallest absolute Gasteiger partial charge is 0.317 e. The van der Waals surface area contributed by atoms with Gasteiger partial charge >= 0.3 is 6.03 Å². The lowest BCUT2D eigenvalue weighted by Crippen LogP contribution is -2.45. The molecule has 34 heavy (non-hydrogen) atoms. The lowest BCUT2D eigenvalue weighted by Gasteiger charge is -2.34. The van der Waals surface area contributed by atoms with E-state index in [0.717, 1.165) is 55.0 Å². The predicted octanol–water partition coefficient (Wildman–Crippen LogP) is 4.88. The Morgan fingerprint density at radius 3 is 2.35 bits per heavy atom. The molecular formula is C28H37N5O. The van der Waals surface area contributed by atoms with Crippen LogP contribution in [0.3, 0.4) is 0 Å². The SMILES string of the molecule is O=C(NCc1ccc(Cn2cnc3ccccc32)cc1)N1CCC(CN2CCCCCC2)CC1. The molecule has 180 valence electrons. The summed E-state index contributed by atoms with van der Waals surface area (Å²) in [5.74, 6) is 0.738. The van der Waals surface area contributed by atoms with Gasteiger partial charge in [-0.3, -0.25) is 0 Å². The van der Waals surface area contributed by atoms with Crippen molar-refractivity contribution in [2.45, 2.75) is 51.6 Å². The van der Waals surface area contributed by atoms with Crippen LogP contribution in [0.15, 0.2) is 54.9 Å². The minimum atomic E-state index is 0.0715. The van der Waals surface area contributed by atoms with E-state index in [1.165, 1.54) is 50.9 Å².